The number of hydrogen-bond acceptors (Lipinski definition) is 18. The average molecular weight is 1970 g/mol. The highest BCUT2D eigenvalue weighted by Gasteiger charge is 2.46. The van der Waals surface area contributed by atoms with Crippen LogP contribution in [0.1, 0.15) is 209 Å². The van der Waals surface area contributed by atoms with E-state index < -0.39 is 16.7 Å². The van der Waals surface area contributed by atoms with Crippen LogP contribution in [-0.4, -0.2) is 171 Å². The first-order chi connectivity index (χ1) is 63.2. The molecule has 0 aromatic heterocycles. The monoisotopic (exact) mass is 1960 g/mol. The van der Waals surface area contributed by atoms with Crippen LogP contribution < -0.4 is 44.8 Å². The maximum absolute atomic E-state index is 13.6. The lowest BCUT2D eigenvalue weighted by atomic mass is 9.92. The van der Waals surface area contributed by atoms with Crippen LogP contribution in [0.3, 0.4) is 0 Å². The quantitative estimate of drug-likeness (QED) is 0.0221. The van der Waals surface area contributed by atoms with E-state index in [1.807, 2.05) is 119 Å². The summed E-state index contributed by atoms with van der Waals surface area (Å²) in [5.41, 5.74) is 19.2. The molecule has 0 aliphatic carbocycles. The van der Waals surface area contributed by atoms with Crippen LogP contribution in [0.15, 0.2) is 146 Å². The molecule has 28 heteroatoms. The number of nitrogen functional groups attached to an aromatic ring is 1. The zero-order chi connectivity index (χ0) is 99.2. The van der Waals surface area contributed by atoms with Crippen molar-refractivity contribution in [3.05, 3.63) is 200 Å². The number of fused-ring (bicyclic) bond motifs is 18. The fraction of sp³-hybridized carbons (Fsp3) is 0.430. The number of halogens is 9. The van der Waals surface area contributed by atoms with E-state index in [0.29, 0.717) is 86.9 Å². The van der Waals surface area contributed by atoms with Crippen LogP contribution in [0.4, 0.5) is 64.4 Å². The van der Waals surface area contributed by atoms with Crippen molar-refractivity contribution in [1.82, 2.24) is 0 Å². The van der Waals surface area contributed by atoms with Crippen LogP contribution in [0.5, 0.6) is 40.2 Å². The Morgan fingerprint density at radius 1 is 0.385 bits per heavy atom. The summed E-state index contributed by atoms with van der Waals surface area (Å²) in [7, 11) is 5.74. The van der Waals surface area contributed by atoms with Crippen molar-refractivity contribution in [3.63, 3.8) is 0 Å². The van der Waals surface area contributed by atoms with Crippen LogP contribution >= 0.6 is 69.6 Å². The molecule has 8 N–H and O–H groups in total. The van der Waals surface area contributed by atoms with Crippen LogP contribution in [0.25, 0.3) is 64.6 Å². The van der Waals surface area contributed by atoms with Crippen molar-refractivity contribution >= 4 is 192 Å². The van der Waals surface area contributed by atoms with Crippen molar-refractivity contribution in [3.8, 4) is 40.2 Å². The Kier molecular flexibility index (Phi) is 29.3. The van der Waals surface area contributed by atoms with Crippen molar-refractivity contribution in [2.75, 3.05) is 136 Å². The fourth-order valence-corrected chi connectivity index (χ4v) is 22.2. The summed E-state index contributed by atoms with van der Waals surface area (Å²) in [6.45, 7) is 42.9. The number of anilines is 8. The zero-order valence-electron chi connectivity index (χ0n) is 80.8. The summed E-state index contributed by atoms with van der Waals surface area (Å²) < 4.78 is 46.2. The highest BCUT2D eigenvalue weighted by Crippen LogP contribution is 2.58. The van der Waals surface area contributed by atoms with Gasteiger partial charge in [-0.25, -0.2) is 0 Å². The van der Waals surface area contributed by atoms with Gasteiger partial charge in [0.05, 0.1) is 23.0 Å². The predicted molar refractivity (Wildman–Crippen MR) is 559 cm³/mol. The maximum atomic E-state index is 13.6. The number of phenols is 6. The average Bonchev–Trinajstić information content (AvgIpc) is 1.60. The Balaban J connectivity index is 0.000000137. The highest BCUT2D eigenvalue weighted by molar-refractivity contribution is 6.22. The Hall–Kier alpha value is -10.2. The van der Waals surface area contributed by atoms with E-state index in [0.717, 1.165) is 127 Å². The van der Waals surface area contributed by atoms with Crippen molar-refractivity contribution < 1.29 is 58.3 Å². The first-order valence-electron chi connectivity index (χ1n) is 45.5. The first-order valence-corrected chi connectivity index (χ1v) is 48.7. The first kappa shape index (κ1) is 102. The van der Waals surface area contributed by atoms with Gasteiger partial charge in [0.15, 0.2) is 6.29 Å². The zero-order valence-corrected chi connectivity index (χ0v) is 85.3. The van der Waals surface area contributed by atoms with Gasteiger partial charge >= 0.3 is 6.18 Å². The largest absolute Gasteiger partial charge is 0.507 e. The maximum Gasteiger partial charge on any atom is 0.417 e. The van der Waals surface area contributed by atoms with Crippen molar-refractivity contribution in [2.45, 2.75) is 200 Å². The van der Waals surface area contributed by atoms with Gasteiger partial charge in [-0.3, -0.25) is 14.9 Å². The number of ether oxygens (including phenoxy) is 1. The lowest BCUT2D eigenvalue weighted by Crippen LogP contribution is -2.40. The predicted octanol–water partition coefficient (Wildman–Crippen LogP) is 27.3. The molecule has 0 fully saturated rings. The van der Waals surface area contributed by atoms with E-state index in [2.05, 4.69) is 139 Å². The number of benzene rings is 12. The standard InChI is InChI=1S/C19H25ClN2O.C18H19ClF3NO.C18H22ClNO2.C18H20ClNO2.C17H19ClN2O3.C17H21ClN2O/c1-19(2,3)22-11-12(10-20)17-15(22)9-16(23)13-7-6-8-14(18(13)17)21(4)5;1-17(2,3)23-9-10(8-19)15-13(23)7-14(24)11-5-4-6-12(16(11)15)18(20,21)22;1-18(2,3)20-10-11(9-19)16-13(20)8-14(21)12-6-5-7-15(22-4)17(12)16;1-18(2,3)20-9-12(8-19)17-14(20)7-15(22)13-6-4-5-11(10-21)16(13)17;1-17(2,3)19-9-10(8-18)15-13(19)7-14(21)11-5-4-6-12(16(11)15)20(22)23;1-17(2,3)20-9-10(8-18)15-13(20)7-14(21)11-5-4-6-12(19)16(11)15/h6-9,12,23H,10-11H2,1-5H3;4-7,10,24H,8-9H2,1-3H3;5-8,11,21H,9-10H2,1-4H3;4-7,10,12,22H,8-9H2,1-3H3;4-7,10,21H,8-9H2,1-3H3;4-7,10,21H,8-9,19H2,1-3H3/t12-;10-;11-;12-;2*10-/m111111/s1. The summed E-state index contributed by atoms with van der Waals surface area (Å²) in [6.07, 6.45) is -3.64. The van der Waals surface area contributed by atoms with Gasteiger partial charge in [-0.2, -0.15) is 13.2 Å². The van der Waals surface area contributed by atoms with Crippen LogP contribution in [0, 0.1) is 10.1 Å². The third kappa shape index (κ3) is 19.4. The molecule has 6 aliphatic heterocycles. The molecule has 0 saturated carbocycles. The minimum Gasteiger partial charge on any atom is -0.507 e. The second-order valence-corrected chi connectivity index (χ2v) is 43.9. The Labute approximate surface area is 820 Å². The van der Waals surface area contributed by atoms with Gasteiger partial charge in [0, 0.05) is 310 Å². The lowest BCUT2D eigenvalue weighted by Gasteiger charge is -2.35. The number of methoxy groups -OCH3 is 1. The number of nitrogens with two attached hydrogens (primary N) is 1. The second-order valence-electron chi connectivity index (χ2n) is 42.1. The Morgan fingerprint density at radius 2 is 0.644 bits per heavy atom. The number of rotatable bonds is 10. The molecule has 6 aliphatic rings. The van der Waals surface area contributed by atoms with E-state index in [4.69, 9.17) is 80.1 Å². The van der Waals surface area contributed by atoms with Crippen molar-refractivity contribution in [1.29, 1.82) is 0 Å². The lowest BCUT2D eigenvalue weighted by molar-refractivity contribution is -0.383. The molecular weight excluding hydrogens is 1840 g/mol. The van der Waals surface area contributed by atoms with Gasteiger partial charge in [-0.15, -0.1) is 69.6 Å². The number of alkyl halides is 9. The van der Waals surface area contributed by atoms with Crippen LogP contribution in [0.2, 0.25) is 0 Å². The molecule has 0 spiro atoms. The molecular formula is C107H126Cl6F3N9O10. The Morgan fingerprint density at radius 3 is 0.963 bits per heavy atom. The summed E-state index contributed by atoms with van der Waals surface area (Å²) in [5.74, 6) is 5.28. The molecule has 722 valence electrons. The molecule has 135 heavy (non-hydrogen) atoms. The number of carbonyl (C=O) groups excluding carboxylic acids is 1. The molecule has 18 rings (SSSR count). The molecule has 0 radical (unpaired) electrons. The van der Waals surface area contributed by atoms with E-state index in [1.165, 1.54) is 34.9 Å². The molecule has 0 saturated heterocycles. The smallest absolute Gasteiger partial charge is 0.417 e. The molecule has 12 aromatic carbocycles. The fourth-order valence-electron chi connectivity index (χ4n) is 20.7. The van der Waals surface area contributed by atoms with Crippen LogP contribution in [-0.2, 0) is 6.18 Å². The van der Waals surface area contributed by atoms with Gasteiger partial charge in [0.25, 0.3) is 5.69 Å². The normalized spacial score (nSPS) is 17.9. The van der Waals surface area contributed by atoms with E-state index >= 15 is 0 Å². The number of phenolic OH excluding ortho intramolecular Hbond substituents is 6. The number of aldehydes is 1. The van der Waals surface area contributed by atoms with Gasteiger partial charge in [0.2, 0.25) is 0 Å². The molecule has 6 heterocycles. The summed E-state index contributed by atoms with van der Waals surface area (Å²) >= 11 is 37.3. The topological polar surface area (TPSA) is 240 Å². The summed E-state index contributed by atoms with van der Waals surface area (Å²) in [6, 6.07) is 42.4. The third-order valence-electron chi connectivity index (χ3n) is 26.9. The molecule has 12 aromatic rings. The van der Waals surface area contributed by atoms with E-state index in [-0.39, 0.29) is 120 Å². The molecule has 0 unspecified atom stereocenters. The molecule has 6 atom stereocenters. The minimum absolute atomic E-state index is 0.00454. The number of hydrogen-bond donors (Lipinski definition) is 7. The highest BCUT2D eigenvalue weighted by atomic mass is 35.5. The number of nitro groups is 1. The molecule has 19 nitrogen and oxygen atoms in total. The minimum atomic E-state index is -4.49. The van der Waals surface area contributed by atoms with Gasteiger partial charge in [-0.05, 0) is 182 Å². The second kappa shape index (κ2) is 38.6. The number of carbonyl (C=O) groups is 1. The summed E-state index contributed by atoms with van der Waals surface area (Å²) in [4.78, 5) is 38.1. The SMILES string of the molecule is CC(C)(C)N1C[C@@H](CCl)c2c1cc(O)c1cccc(C(F)(F)F)c21.CC(C)(C)N1C[C@@H](CCl)c2c1cc(O)c1cccc(C=O)c21.CC(C)(C)N1C[C@@H](CCl)c2c1cc(O)c1cccc(N)c21.CC(C)(C)N1C[C@@H](CCl)c2c1cc(O)c1cccc([N+](=O)[O-])c21.CN(C)c1cccc2c(O)cc3c(c12)[C@H](CCl)CN3C(C)(C)C.COc1cccc2c(O)cc3c(c12)[C@H](CCl)CN3C(C)(C)C. The van der Waals surface area contributed by atoms with E-state index in [9.17, 15) is 58.7 Å². The Bertz CT molecular complexity index is 6540. The molecule has 0 bridgehead atoms. The van der Waals surface area contributed by atoms with E-state index in [1.54, 1.807) is 43.5 Å². The number of aromatic hydroxyl groups is 6. The van der Waals surface area contributed by atoms with Gasteiger partial charge in [0.1, 0.15) is 40.2 Å². The molecule has 0 amide bonds. The number of nitrogens with zero attached hydrogens (tertiary/aromatic N) is 8. The van der Waals surface area contributed by atoms with Gasteiger partial charge < -0.3 is 75.4 Å². The number of non-ortho nitro benzene ring substituents is 1. The van der Waals surface area contributed by atoms with Crippen molar-refractivity contribution in [2.24, 2.45) is 0 Å². The third-order valence-corrected chi connectivity index (χ3v) is 29.1. The number of nitro benzene ring substituents is 1. The van der Waals surface area contributed by atoms with Gasteiger partial charge in [-0.1, -0.05) is 78.9 Å². The summed E-state index contributed by atoms with van der Waals surface area (Å²) in [5, 5.41) is 82.6.